The van der Waals surface area contributed by atoms with E-state index in [1.807, 2.05) is 0 Å². The molecule has 12 heavy (non-hydrogen) atoms. The van der Waals surface area contributed by atoms with E-state index in [-0.39, 0.29) is 5.02 Å². The molecule has 0 aromatic heterocycles. The summed E-state index contributed by atoms with van der Waals surface area (Å²) in [7, 11) is 0. The summed E-state index contributed by atoms with van der Waals surface area (Å²) >= 11 is 10.6. The molecule has 1 rings (SSSR count). The predicted octanol–water partition coefficient (Wildman–Crippen LogP) is 3.14. The molecule has 0 bridgehead atoms. The smallest absolute Gasteiger partial charge is 0.180 e. The number of nitriles is 1. The molecule has 5 heteroatoms. The highest BCUT2D eigenvalue weighted by molar-refractivity contribution is 6.42. The van der Waals surface area contributed by atoms with Crippen molar-refractivity contribution in [3.63, 3.8) is 0 Å². The lowest BCUT2D eigenvalue weighted by Gasteiger charge is -1.99. The molecule has 0 aliphatic rings. The Morgan fingerprint density at radius 1 is 1.25 bits per heavy atom. The van der Waals surface area contributed by atoms with Crippen molar-refractivity contribution in [1.29, 1.82) is 5.26 Å². The van der Waals surface area contributed by atoms with Crippen LogP contribution in [0.1, 0.15) is 5.56 Å². The van der Waals surface area contributed by atoms with Crippen molar-refractivity contribution in [2.45, 2.75) is 0 Å². The second kappa shape index (κ2) is 3.26. The van der Waals surface area contributed by atoms with E-state index in [1.165, 1.54) is 6.07 Å². The standard InChI is InChI=1S/C7HCl2F2N/c8-4-1-3(2-12)6(10)7(11)5(4)9/h1H. The summed E-state index contributed by atoms with van der Waals surface area (Å²) in [6.07, 6.45) is 0. The zero-order valence-corrected chi connectivity index (χ0v) is 7.05. The van der Waals surface area contributed by atoms with Gasteiger partial charge in [-0.15, -0.1) is 0 Å². The summed E-state index contributed by atoms with van der Waals surface area (Å²) in [6, 6.07) is 2.42. The summed E-state index contributed by atoms with van der Waals surface area (Å²) in [5.74, 6) is -2.56. The zero-order chi connectivity index (χ0) is 9.30. The van der Waals surface area contributed by atoms with Crippen LogP contribution >= 0.6 is 23.2 Å². The van der Waals surface area contributed by atoms with Crippen LogP contribution < -0.4 is 0 Å². The monoisotopic (exact) mass is 207 g/mol. The second-order valence-corrected chi connectivity index (χ2v) is 2.74. The van der Waals surface area contributed by atoms with Gasteiger partial charge in [-0.2, -0.15) is 5.26 Å². The highest BCUT2D eigenvalue weighted by Gasteiger charge is 2.15. The fraction of sp³-hybridized carbons (Fsp3) is 0. The van der Waals surface area contributed by atoms with Crippen molar-refractivity contribution < 1.29 is 8.78 Å². The van der Waals surface area contributed by atoms with Crippen molar-refractivity contribution in [2.75, 3.05) is 0 Å². The Morgan fingerprint density at radius 2 is 1.83 bits per heavy atom. The molecule has 0 fully saturated rings. The van der Waals surface area contributed by atoms with E-state index < -0.39 is 22.2 Å². The maximum absolute atomic E-state index is 12.7. The lowest BCUT2D eigenvalue weighted by atomic mass is 10.2. The predicted molar refractivity (Wildman–Crippen MR) is 41.1 cm³/mol. The average Bonchev–Trinajstić information content (AvgIpc) is 2.08. The first-order valence-electron chi connectivity index (χ1n) is 2.81. The highest BCUT2D eigenvalue weighted by atomic mass is 35.5. The maximum atomic E-state index is 12.7. The van der Waals surface area contributed by atoms with E-state index in [0.717, 1.165) is 6.07 Å². The molecule has 62 valence electrons. The molecular formula is C7HCl2F2N. The summed E-state index contributed by atoms with van der Waals surface area (Å²) < 4.78 is 25.4. The third-order valence-corrected chi connectivity index (χ3v) is 1.99. The van der Waals surface area contributed by atoms with Gasteiger partial charge in [0.1, 0.15) is 6.07 Å². The van der Waals surface area contributed by atoms with Crippen LogP contribution in [0, 0.1) is 23.0 Å². The minimum absolute atomic E-state index is 0.174. The summed E-state index contributed by atoms with van der Waals surface area (Å²) in [4.78, 5) is 0. The van der Waals surface area contributed by atoms with Gasteiger partial charge < -0.3 is 0 Å². The molecule has 1 aromatic carbocycles. The Balaban J connectivity index is 3.52. The lowest BCUT2D eigenvalue weighted by molar-refractivity contribution is 0.507. The Hall–Kier alpha value is -0.850. The van der Waals surface area contributed by atoms with Crippen LogP contribution in [0.4, 0.5) is 8.78 Å². The topological polar surface area (TPSA) is 23.8 Å². The third-order valence-electron chi connectivity index (χ3n) is 1.22. The Kier molecular flexibility index (Phi) is 2.51. The number of halogens is 4. The van der Waals surface area contributed by atoms with Gasteiger partial charge in [-0.05, 0) is 6.07 Å². The van der Waals surface area contributed by atoms with E-state index >= 15 is 0 Å². The van der Waals surface area contributed by atoms with Crippen LogP contribution in [-0.2, 0) is 0 Å². The SMILES string of the molecule is N#Cc1cc(Cl)c(Cl)c(F)c1F. The van der Waals surface area contributed by atoms with Gasteiger partial charge in [0.2, 0.25) is 0 Å². The third kappa shape index (κ3) is 1.36. The largest absolute Gasteiger partial charge is 0.202 e. The number of benzene rings is 1. The molecule has 0 aliphatic heterocycles. The average molecular weight is 208 g/mol. The van der Waals surface area contributed by atoms with Crippen LogP contribution in [0.3, 0.4) is 0 Å². The van der Waals surface area contributed by atoms with Crippen LogP contribution in [0.2, 0.25) is 10.0 Å². The number of hydrogen-bond acceptors (Lipinski definition) is 1. The number of rotatable bonds is 0. The lowest BCUT2D eigenvalue weighted by Crippen LogP contribution is -1.91. The quantitative estimate of drug-likeness (QED) is 0.474. The first-order valence-corrected chi connectivity index (χ1v) is 3.56. The molecule has 0 heterocycles. The van der Waals surface area contributed by atoms with Gasteiger partial charge >= 0.3 is 0 Å². The van der Waals surface area contributed by atoms with Crippen LogP contribution in [0.5, 0.6) is 0 Å². The molecule has 0 N–H and O–H groups in total. The molecule has 0 aliphatic carbocycles. The molecule has 0 atom stereocenters. The molecule has 0 amide bonds. The Labute approximate surface area is 77.1 Å². The van der Waals surface area contributed by atoms with Crippen LogP contribution in [0.25, 0.3) is 0 Å². The van der Waals surface area contributed by atoms with Gasteiger partial charge in [0, 0.05) is 0 Å². The van der Waals surface area contributed by atoms with E-state index in [1.54, 1.807) is 0 Å². The Morgan fingerprint density at radius 3 is 2.33 bits per heavy atom. The van der Waals surface area contributed by atoms with Gasteiger partial charge in [-0.3, -0.25) is 0 Å². The van der Waals surface area contributed by atoms with Crippen LogP contribution in [-0.4, -0.2) is 0 Å². The van der Waals surface area contributed by atoms with E-state index in [0.29, 0.717) is 0 Å². The maximum Gasteiger partial charge on any atom is 0.180 e. The number of hydrogen-bond donors (Lipinski definition) is 0. The molecule has 0 radical (unpaired) electrons. The molecule has 1 nitrogen and oxygen atoms in total. The van der Waals surface area contributed by atoms with E-state index in [2.05, 4.69) is 0 Å². The fourth-order valence-corrected chi connectivity index (χ4v) is 0.984. The fourth-order valence-electron chi connectivity index (χ4n) is 0.654. The molecule has 0 saturated carbocycles. The second-order valence-electron chi connectivity index (χ2n) is 1.96. The summed E-state index contributed by atoms with van der Waals surface area (Å²) in [5, 5.41) is 7.62. The van der Waals surface area contributed by atoms with E-state index in [4.69, 9.17) is 28.5 Å². The first kappa shape index (κ1) is 9.24. The Bertz CT molecular complexity index is 371. The minimum atomic E-state index is -1.29. The van der Waals surface area contributed by atoms with Crippen molar-refractivity contribution >= 4 is 23.2 Å². The zero-order valence-electron chi connectivity index (χ0n) is 5.54. The van der Waals surface area contributed by atoms with Gasteiger partial charge in [0.25, 0.3) is 0 Å². The summed E-state index contributed by atoms with van der Waals surface area (Å²) in [5.41, 5.74) is -0.457. The highest BCUT2D eigenvalue weighted by Crippen LogP contribution is 2.28. The minimum Gasteiger partial charge on any atom is -0.202 e. The number of nitrogens with zero attached hydrogens (tertiary/aromatic N) is 1. The first-order chi connectivity index (χ1) is 5.57. The molecule has 1 aromatic rings. The van der Waals surface area contributed by atoms with E-state index in [9.17, 15) is 8.78 Å². The van der Waals surface area contributed by atoms with Crippen molar-refractivity contribution in [2.24, 2.45) is 0 Å². The van der Waals surface area contributed by atoms with Gasteiger partial charge in [-0.25, -0.2) is 8.78 Å². The molecule has 0 spiro atoms. The van der Waals surface area contributed by atoms with Crippen LogP contribution in [0.15, 0.2) is 6.07 Å². The molecular weight excluding hydrogens is 207 g/mol. The summed E-state index contributed by atoms with van der Waals surface area (Å²) in [6.45, 7) is 0. The van der Waals surface area contributed by atoms with Gasteiger partial charge in [0.15, 0.2) is 11.6 Å². The van der Waals surface area contributed by atoms with Crippen molar-refractivity contribution in [3.8, 4) is 6.07 Å². The van der Waals surface area contributed by atoms with Crippen molar-refractivity contribution in [1.82, 2.24) is 0 Å². The normalized spacial score (nSPS) is 9.58. The van der Waals surface area contributed by atoms with Gasteiger partial charge in [-0.1, -0.05) is 23.2 Å². The molecule has 0 unspecified atom stereocenters. The molecule has 0 saturated heterocycles. The van der Waals surface area contributed by atoms with Crippen molar-refractivity contribution in [3.05, 3.63) is 33.3 Å². The van der Waals surface area contributed by atoms with Gasteiger partial charge in [0.05, 0.1) is 15.6 Å².